The van der Waals surface area contributed by atoms with Crippen molar-refractivity contribution in [1.82, 2.24) is 0 Å². The molecule has 0 saturated heterocycles. The van der Waals surface area contributed by atoms with Crippen LogP contribution in [0.5, 0.6) is 5.75 Å². The molecule has 0 amide bonds. The number of ether oxygens (including phenoxy) is 2. The van der Waals surface area contributed by atoms with Crippen molar-refractivity contribution in [3.8, 4) is 11.8 Å². The predicted octanol–water partition coefficient (Wildman–Crippen LogP) is 2.65. The van der Waals surface area contributed by atoms with Crippen LogP contribution in [-0.4, -0.2) is 44.5 Å². The van der Waals surface area contributed by atoms with Gasteiger partial charge >= 0.3 is 11.7 Å². The Bertz CT molecular complexity index is 1120. The highest BCUT2D eigenvalue weighted by atomic mass is 16.6. The summed E-state index contributed by atoms with van der Waals surface area (Å²) in [6.07, 6.45) is 0. The number of fused-ring (bicyclic) bond motifs is 1. The number of nitriles is 1. The Balaban J connectivity index is 1.80. The van der Waals surface area contributed by atoms with Crippen molar-refractivity contribution in [3.05, 3.63) is 69.5 Å². The van der Waals surface area contributed by atoms with Gasteiger partial charge in [-0.1, -0.05) is 12.1 Å². The van der Waals surface area contributed by atoms with E-state index in [1.165, 1.54) is 19.2 Å². The Morgan fingerprint density at radius 2 is 1.74 bits per heavy atom. The van der Waals surface area contributed by atoms with Gasteiger partial charge in [0, 0.05) is 20.2 Å². The van der Waals surface area contributed by atoms with E-state index in [0.29, 0.717) is 5.82 Å². The predicted molar refractivity (Wildman–Crippen MR) is 111 cm³/mol. The number of benzene rings is 2. The van der Waals surface area contributed by atoms with Crippen molar-refractivity contribution in [3.63, 3.8) is 0 Å². The highest BCUT2D eigenvalue weighted by Crippen LogP contribution is 2.40. The van der Waals surface area contributed by atoms with Crippen LogP contribution in [0.15, 0.2) is 53.9 Å². The number of methoxy groups -OCH3 is 1. The van der Waals surface area contributed by atoms with Crippen LogP contribution in [0.4, 0.5) is 17.1 Å². The Morgan fingerprint density at radius 3 is 2.26 bits per heavy atom. The molecule has 0 atom stereocenters. The first kappa shape index (κ1) is 21.3. The topological polar surface area (TPSA) is 126 Å². The number of hydrogen-bond donors (Lipinski definition) is 0. The lowest BCUT2D eigenvalue weighted by Gasteiger charge is -2.19. The number of anilines is 2. The van der Waals surface area contributed by atoms with E-state index in [1.54, 1.807) is 23.9 Å². The first-order valence-electron chi connectivity index (χ1n) is 9.03. The molecular formula is C21H18N4O6. The summed E-state index contributed by atoms with van der Waals surface area (Å²) in [5.74, 6) is -1.27. The highest BCUT2D eigenvalue weighted by Gasteiger charge is 2.31. The number of rotatable bonds is 6. The van der Waals surface area contributed by atoms with Gasteiger partial charge in [0.25, 0.3) is 0 Å². The molecule has 1 heterocycles. The third kappa shape index (κ3) is 3.89. The number of carbonyl (C=O) groups is 2. The van der Waals surface area contributed by atoms with Crippen LogP contribution < -0.4 is 14.5 Å². The Kier molecular flexibility index (Phi) is 5.88. The van der Waals surface area contributed by atoms with Crippen molar-refractivity contribution >= 4 is 28.8 Å². The largest absolute Gasteiger partial charge is 0.490 e. The van der Waals surface area contributed by atoms with Gasteiger partial charge in [-0.3, -0.25) is 14.9 Å². The molecule has 0 aliphatic carbocycles. The van der Waals surface area contributed by atoms with E-state index in [9.17, 15) is 25.0 Å². The van der Waals surface area contributed by atoms with Gasteiger partial charge in [-0.25, -0.2) is 4.79 Å². The molecule has 1 aliphatic heterocycles. The van der Waals surface area contributed by atoms with Crippen molar-refractivity contribution in [1.29, 1.82) is 5.26 Å². The highest BCUT2D eigenvalue weighted by molar-refractivity contribution is 6.04. The van der Waals surface area contributed by atoms with E-state index in [-0.39, 0.29) is 16.9 Å². The number of carbonyl (C=O) groups excluding carboxylic acids is 2. The lowest BCUT2D eigenvalue weighted by molar-refractivity contribution is -0.385. The minimum absolute atomic E-state index is 0.0130. The van der Waals surface area contributed by atoms with Crippen molar-refractivity contribution in [2.45, 2.75) is 0 Å². The maximum absolute atomic E-state index is 12.7. The molecule has 0 bridgehead atoms. The van der Waals surface area contributed by atoms with E-state index in [1.807, 2.05) is 30.3 Å². The SMILES string of the molecule is COc1ccc(C(=O)OCC(=O)C(C#N)=C2N(C)c3ccccc3N2C)cc1[N+](=O)[O-]. The lowest BCUT2D eigenvalue weighted by Crippen LogP contribution is -2.27. The fourth-order valence-electron chi connectivity index (χ4n) is 3.30. The van der Waals surface area contributed by atoms with Gasteiger partial charge in [0.1, 0.15) is 17.5 Å². The molecule has 10 nitrogen and oxygen atoms in total. The van der Waals surface area contributed by atoms with Crippen LogP contribution in [0.2, 0.25) is 0 Å². The molecule has 0 saturated carbocycles. The number of hydrogen-bond acceptors (Lipinski definition) is 9. The monoisotopic (exact) mass is 422 g/mol. The van der Waals surface area contributed by atoms with Crippen LogP contribution in [-0.2, 0) is 9.53 Å². The van der Waals surface area contributed by atoms with Gasteiger partial charge in [-0.15, -0.1) is 0 Å². The fraction of sp³-hybridized carbons (Fsp3) is 0.190. The van der Waals surface area contributed by atoms with Gasteiger partial charge in [0.2, 0.25) is 5.78 Å². The molecule has 31 heavy (non-hydrogen) atoms. The first-order chi connectivity index (χ1) is 14.8. The summed E-state index contributed by atoms with van der Waals surface area (Å²) in [4.78, 5) is 38.8. The number of nitro benzene ring substituents is 1. The van der Waals surface area contributed by atoms with Crippen LogP contribution in [0.25, 0.3) is 0 Å². The second-order valence-electron chi connectivity index (χ2n) is 6.56. The zero-order chi connectivity index (χ0) is 22.7. The van der Waals surface area contributed by atoms with Crippen LogP contribution in [0.1, 0.15) is 10.4 Å². The molecule has 2 aromatic rings. The van der Waals surface area contributed by atoms with E-state index in [2.05, 4.69) is 0 Å². The fourth-order valence-corrected chi connectivity index (χ4v) is 3.30. The van der Waals surface area contributed by atoms with Crippen LogP contribution >= 0.6 is 0 Å². The maximum atomic E-state index is 12.7. The molecule has 1 aliphatic rings. The van der Waals surface area contributed by atoms with Crippen LogP contribution in [0.3, 0.4) is 0 Å². The molecule has 0 fully saturated rings. The zero-order valence-electron chi connectivity index (χ0n) is 17.0. The number of Topliss-reactive ketones (excluding diaryl/α,β-unsaturated/α-hetero) is 1. The van der Waals surface area contributed by atoms with E-state index in [0.717, 1.165) is 17.4 Å². The summed E-state index contributed by atoms with van der Waals surface area (Å²) < 4.78 is 9.90. The van der Waals surface area contributed by atoms with Gasteiger partial charge in [-0.05, 0) is 24.3 Å². The number of para-hydroxylation sites is 2. The number of esters is 1. The standard InChI is InChI=1S/C21H18N4O6/c1-23-15-6-4-5-7-16(15)24(2)20(23)14(11-22)18(26)12-31-21(27)13-8-9-19(30-3)17(10-13)25(28)29/h4-10H,12H2,1-3H3. The summed E-state index contributed by atoms with van der Waals surface area (Å²) >= 11 is 0. The molecule has 0 radical (unpaired) electrons. The van der Waals surface area contributed by atoms with Gasteiger partial charge in [-0.2, -0.15) is 5.26 Å². The Hall–Kier alpha value is -4.39. The smallest absolute Gasteiger partial charge is 0.338 e. The van der Waals surface area contributed by atoms with E-state index >= 15 is 0 Å². The van der Waals surface area contributed by atoms with Gasteiger partial charge in [0.05, 0.1) is 29.0 Å². The second kappa shape index (κ2) is 8.54. The zero-order valence-corrected chi connectivity index (χ0v) is 17.0. The molecule has 0 aromatic heterocycles. The Labute approximate surface area is 177 Å². The summed E-state index contributed by atoms with van der Waals surface area (Å²) in [5, 5.41) is 20.7. The third-order valence-electron chi connectivity index (χ3n) is 4.80. The van der Waals surface area contributed by atoms with Crippen LogP contribution in [0, 0.1) is 21.4 Å². The van der Waals surface area contributed by atoms with E-state index < -0.39 is 29.0 Å². The van der Waals surface area contributed by atoms with Crippen molar-refractivity contribution in [2.75, 3.05) is 37.6 Å². The number of nitrogens with zero attached hydrogens (tertiary/aromatic N) is 4. The van der Waals surface area contributed by atoms with Crippen molar-refractivity contribution in [2.24, 2.45) is 0 Å². The maximum Gasteiger partial charge on any atom is 0.338 e. The first-order valence-corrected chi connectivity index (χ1v) is 9.03. The number of nitro groups is 1. The summed E-state index contributed by atoms with van der Waals surface area (Å²) in [6.45, 7) is -0.691. The van der Waals surface area contributed by atoms with E-state index in [4.69, 9.17) is 9.47 Å². The molecule has 0 N–H and O–H groups in total. The van der Waals surface area contributed by atoms with Gasteiger partial charge in [0.15, 0.2) is 12.4 Å². The molecule has 2 aromatic carbocycles. The summed E-state index contributed by atoms with van der Waals surface area (Å²) in [5.41, 5.74) is 0.949. The lowest BCUT2D eigenvalue weighted by atomic mass is 10.1. The summed E-state index contributed by atoms with van der Waals surface area (Å²) in [6, 6.07) is 12.8. The molecular weight excluding hydrogens is 404 g/mol. The molecule has 0 unspecified atom stereocenters. The Morgan fingerprint density at radius 1 is 1.13 bits per heavy atom. The average molecular weight is 422 g/mol. The average Bonchev–Trinajstić information content (AvgIpc) is 3.03. The van der Waals surface area contributed by atoms with Crippen molar-refractivity contribution < 1.29 is 24.0 Å². The van der Waals surface area contributed by atoms with Gasteiger partial charge < -0.3 is 19.3 Å². The third-order valence-corrected chi connectivity index (χ3v) is 4.80. The normalized spacial score (nSPS) is 12.1. The molecule has 3 rings (SSSR count). The number of ketones is 1. The molecule has 0 spiro atoms. The molecule has 158 valence electrons. The quantitative estimate of drug-likeness (QED) is 0.227. The summed E-state index contributed by atoms with van der Waals surface area (Å²) in [7, 11) is 4.72. The minimum atomic E-state index is -0.933. The molecule has 10 heteroatoms. The second-order valence-corrected chi connectivity index (χ2v) is 6.56. The minimum Gasteiger partial charge on any atom is -0.490 e.